The van der Waals surface area contributed by atoms with Crippen molar-refractivity contribution in [3.05, 3.63) is 42.6 Å². The SMILES string of the molecule is FC(F)c1nnc(-c2ccc(-c3ccco3)nc2)o1. The maximum Gasteiger partial charge on any atom is 0.314 e. The molecular weight excluding hydrogens is 256 g/mol. The first-order chi connectivity index (χ1) is 9.24. The van der Waals surface area contributed by atoms with Crippen LogP contribution in [0.2, 0.25) is 0 Å². The molecule has 3 aromatic heterocycles. The minimum Gasteiger partial charge on any atom is -0.463 e. The van der Waals surface area contributed by atoms with Gasteiger partial charge in [0, 0.05) is 6.20 Å². The second-order valence-corrected chi connectivity index (χ2v) is 3.66. The minimum atomic E-state index is -2.78. The van der Waals surface area contributed by atoms with Gasteiger partial charge in [-0.05, 0) is 24.3 Å². The molecule has 0 amide bonds. The zero-order chi connectivity index (χ0) is 13.2. The van der Waals surface area contributed by atoms with E-state index in [1.165, 1.54) is 12.5 Å². The molecule has 0 atom stereocenters. The number of halogens is 2. The Balaban J connectivity index is 1.89. The van der Waals surface area contributed by atoms with E-state index in [0.29, 0.717) is 17.0 Å². The highest BCUT2D eigenvalue weighted by molar-refractivity contribution is 5.58. The Hall–Kier alpha value is -2.57. The highest BCUT2D eigenvalue weighted by atomic mass is 19.3. The monoisotopic (exact) mass is 263 g/mol. The number of rotatable bonds is 3. The van der Waals surface area contributed by atoms with Crippen molar-refractivity contribution in [2.45, 2.75) is 6.43 Å². The van der Waals surface area contributed by atoms with Crippen molar-refractivity contribution in [1.29, 1.82) is 0 Å². The molecule has 0 bridgehead atoms. The summed E-state index contributed by atoms with van der Waals surface area (Å²) in [5.74, 6) is -0.0794. The van der Waals surface area contributed by atoms with Crippen LogP contribution in [-0.2, 0) is 0 Å². The number of aromatic nitrogens is 3. The van der Waals surface area contributed by atoms with Crippen LogP contribution in [0.25, 0.3) is 22.9 Å². The van der Waals surface area contributed by atoms with Gasteiger partial charge in [-0.1, -0.05) is 0 Å². The molecule has 3 heterocycles. The average Bonchev–Trinajstić information content (AvgIpc) is 3.11. The lowest BCUT2D eigenvalue weighted by Gasteiger charge is -1.97. The molecule has 0 aromatic carbocycles. The van der Waals surface area contributed by atoms with Gasteiger partial charge < -0.3 is 8.83 Å². The fourth-order valence-electron chi connectivity index (χ4n) is 1.53. The molecular formula is C12H7F2N3O2. The Labute approximate surface area is 105 Å². The second kappa shape index (κ2) is 4.60. The van der Waals surface area contributed by atoms with E-state index in [9.17, 15) is 8.78 Å². The van der Waals surface area contributed by atoms with Crippen LogP contribution in [0.4, 0.5) is 8.78 Å². The summed E-state index contributed by atoms with van der Waals surface area (Å²) in [4.78, 5) is 4.14. The van der Waals surface area contributed by atoms with Crippen LogP contribution in [0.1, 0.15) is 12.3 Å². The standard InChI is InChI=1S/C12H7F2N3O2/c13-10(14)12-17-16-11(19-12)7-3-4-8(15-6-7)9-2-1-5-18-9/h1-6,10H. The molecule has 3 aromatic rings. The minimum absolute atomic E-state index is 0.00814. The van der Waals surface area contributed by atoms with Gasteiger partial charge in [0.05, 0.1) is 11.8 Å². The van der Waals surface area contributed by atoms with E-state index in [1.54, 1.807) is 24.3 Å². The summed E-state index contributed by atoms with van der Waals surface area (Å²) in [7, 11) is 0. The first-order valence-electron chi connectivity index (χ1n) is 5.36. The smallest absolute Gasteiger partial charge is 0.314 e. The Kier molecular flexibility index (Phi) is 2.79. The van der Waals surface area contributed by atoms with Gasteiger partial charge >= 0.3 is 6.43 Å². The molecule has 3 rings (SSSR count). The van der Waals surface area contributed by atoms with Gasteiger partial charge in [-0.2, -0.15) is 8.78 Å². The van der Waals surface area contributed by atoms with Crippen molar-refractivity contribution in [2.75, 3.05) is 0 Å². The molecule has 0 saturated carbocycles. The van der Waals surface area contributed by atoms with Crippen LogP contribution in [0, 0.1) is 0 Å². The molecule has 0 unspecified atom stereocenters. The van der Waals surface area contributed by atoms with E-state index in [4.69, 9.17) is 8.83 Å². The van der Waals surface area contributed by atoms with Crippen LogP contribution in [-0.4, -0.2) is 15.2 Å². The molecule has 0 saturated heterocycles. The summed E-state index contributed by atoms with van der Waals surface area (Å²) in [6.07, 6.45) is 0.218. The highest BCUT2D eigenvalue weighted by Crippen LogP contribution is 2.24. The molecule has 0 N–H and O–H groups in total. The van der Waals surface area contributed by atoms with Crippen LogP contribution < -0.4 is 0 Å². The van der Waals surface area contributed by atoms with E-state index in [1.807, 2.05) is 0 Å². The summed E-state index contributed by atoms with van der Waals surface area (Å²) in [6, 6.07) is 6.84. The first kappa shape index (κ1) is 11.5. The molecule has 0 spiro atoms. The van der Waals surface area contributed by atoms with Gasteiger partial charge in [0.25, 0.3) is 5.89 Å². The lowest BCUT2D eigenvalue weighted by atomic mass is 10.2. The third kappa shape index (κ3) is 2.22. The molecule has 0 radical (unpaired) electrons. The van der Waals surface area contributed by atoms with E-state index in [0.717, 1.165) is 0 Å². The lowest BCUT2D eigenvalue weighted by Crippen LogP contribution is -1.83. The third-order valence-electron chi connectivity index (χ3n) is 2.41. The Bertz CT molecular complexity index is 663. The number of furan rings is 1. The topological polar surface area (TPSA) is 65.0 Å². The van der Waals surface area contributed by atoms with E-state index < -0.39 is 12.3 Å². The largest absolute Gasteiger partial charge is 0.463 e. The number of nitrogens with zero attached hydrogens (tertiary/aromatic N) is 3. The Morgan fingerprint density at radius 2 is 2.00 bits per heavy atom. The van der Waals surface area contributed by atoms with Gasteiger partial charge in [-0.3, -0.25) is 4.98 Å². The average molecular weight is 263 g/mol. The quantitative estimate of drug-likeness (QED) is 0.725. The van der Waals surface area contributed by atoms with Gasteiger partial charge in [0.1, 0.15) is 5.69 Å². The summed E-state index contributed by atoms with van der Waals surface area (Å²) in [5.41, 5.74) is 1.09. The maximum atomic E-state index is 12.3. The van der Waals surface area contributed by atoms with Crippen molar-refractivity contribution in [3.8, 4) is 22.9 Å². The molecule has 0 fully saturated rings. The van der Waals surface area contributed by atoms with E-state index >= 15 is 0 Å². The zero-order valence-electron chi connectivity index (χ0n) is 9.46. The summed E-state index contributed by atoms with van der Waals surface area (Å²) in [5, 5.41) is 6.79. The summed E-state index contributed by atoms with van der Waals surface area (Å²) < 4.78 is 34.7. The Morgan fingerprint density at radius 3 is 2.58 bits per heavy atom. The van der Waals surface area contributed by atoms with E-state index in [-0.39, 0.29) is 5.89 Å². The molecule has 7 heteroatoms. The first-order valence-corrected chi connectivity index (χ1v) is 5.36. The number of alkyl halides is 2. The second-order valence-electron chi connectivity index (χ2n) is 3.66. The zero-order valence-corrected chi connectivity index (χ0v) is 9.46. The molecule has 19 heavy (non-hydrogen) atoms. The van der Waals surface area contributed by atoms with Crippen molar-refractivity contribution < 1.29 is 17.6 Å². The molecule has 5 nitrogen and oxygen atoms in total. The van der Waals surface area contributed by atoms with Crippen molar-refractivity contribution >= 4 is 0 Å². The Morgan fingerprint density at radius 1 is 1.11 bits per heavy atom. The van der Waals surface area contributed by atoms with Crippen LogP contribution in [0.15, 0.2) is 45.6 Å². The summed E-state index contributed by atoms with van der Waals surface area (Å²) >= 11 is 0. The van der Waals surface area contributed by atoms with Crippen molar-refractivity contribution in [2.24, 2.45) is 0 Å². The van der Waals surface area contributed by atoms with Crippen LogP contribution >= 0.6 is 0 Å². The van der Waals surface area contributed by atoms with E-state index in [2.05, 4.69) is 15.2 Å². The number of hydrogen-bond acceptors (Lipinski definition) is 5. The predicted octanol–water partition coefficient (Wildman–Crippen LogP) is 3.33. The molecule has 0 aliphatic heterocycles. The molecule has 0 aliphatic carbocycles. The van der Waals surface area contributed by atoms with Gasteiger partial charge in [0.2, 0.25) is 5.89 Å². The van der Waals surface area contributed by atoms with Crippen molar-refractivity contribution in [1.82, 2.24) is 15.2 Å². The van der Waals surface area contributed by atoms with Gasteiger partial charge in [0.15, 0.2) is 5.76 Å². The van der Waals surface area contributed by atoms with Crippen LogP contribution in [0.5, 0.6) is 0 Å². The normalized spacial score (nSPS) is 11.1. The number of hydrogen-bond donors (Lipinski definition) is 0. The predicted molar refractivity (Wildman–Crippen MR) is 60.2 cm³/mol. The fraction of sp³-hybridized carbons (Fsp3) is 0.0833. The maximum absolute atomic E-state index is 12.3. The number of pyridine rings is 1. The van der Waals surface area contributed by atoms with Crippen LogP contribution in [0.3, 0.4) is 0 Å². The van der Waals surface area contributed by atoms with Gasteiger partial charge in [-0.15, -0.1) is 10.2 Å². The summed E-state index contributed by atoms with van der Waals surface area (Å²) in [6.45, 7) is 0. The highest BCUT2D eigenvalue weighted by Gasteiger charge is 2.17. The van der Waals surface area contributed by atoms with Gasteiger partial charge in [-0.25, -0.2) is 0 Å². The molecule has 96 valence electrons. The lowest BCUT2D eigenvalue weighted by molar-refractivity contribution is 0.116. The van der Waals surface area contributed by atoms with Crippen molar-refractivity contribution in [3.63, 3.8) is 0 Å². The fourth-order valence-corrected chi connectivity index (χ4v) is 1.53. The third-order valence-corrected chi connectivity index (χ3v) is 2.41. The molecule has 0 aliphatic rings.